The zero-order valence-corrected chi connectivity index (χ0v) is 11.2. The Balaban J connectivity index is 2.03. The van der Waals surface area contributed by atoms with E-state index < -0.39 is 11.2 Å². The van der Waals surface area contributed by atoms with E-state index in [0.29, 0.717) is 6.42 Å². The van der Waals surface area contributed by atoms with Crippen LogP contribution in [0.15, 0.2) is 11.1 Å². The van der Waals surface area contributed by atoms with Crippen LogP contribution in [0, 0.1) is 11.8 Å². The molecule has 0 unspecified atom stereocenters. The van der Waals surface area contributed by atoms with Crippen molar-refractivity contribution in [1.82, 2.24) is 0 Å². The molecule has 1 fully saturated rings. The third kappa shape index (κ3) is 1.47. The predicted octanol–water partition coefficient (Wildman–Crippen LogP) is 1.97. The summed E-state index contributed by atoms with van der Waals surface area (Å²) in [5.41, 5.74) is 0.0786. The fourth-order valence-corrected chi connectivity index (χ4v) is 4.37. The highest BCUT2D eigenvalue weighted by atomic mass is 16.3. The van der Waals surface area contributed by atoms with E-state index >= 15 is 0 Å². The second kappa shape index (κ2) is 3.67. The average molecular weight is 250 g/mol. The first-order valence-corrected chi connectivity index (χ1v) is 7.07. The second-order valence-corrected chi connectivity index (χ2v) is 6.73. The molecule has 1 saturated carbocycles. The maximum atomic E-state index is 12.6. The lowest BCUT2D eigenvalue weighted by molar-refractivity contribution is -0.128. The SMILES string of the molecule is CC(C)(O)[C@@H]1CC[C@]2(O)C3=C(CCCC3)C(=O)[C@H]12. The largest absolute Gasteiger partial charge is 0.390 e. The van der Waals surface area contributed by atoms with E-state index in [1.807, 2.05) is 0 Å². The molecule has 18 heavy (non-hydrogen) atoms. The number of Topliss-reactive ketones (excluding diaryl/α,β-unsaturated/α-hetero) is 1. The lowest BCUT2D eigenvalue weighted by Crippen LogP contribution is -2.43. The molecule has 3 aliphatic rings. The minimum atomic E-state index is -0.933. The van der Waals surface area contributed by atoms with Gasteiger partial charge in [0.25, 0.3) is 0 Å². The van der Waals surface area contributed by atoms with Crippen LogP contribution in [0.1, 0.15) is 52.4 Å². The summed E-state index contributed by atoms with van der Waals surface area (Å²) in [7, 11) is 0. The minimum absolute atomic E-state index is 0.111. The first kappa shape index (κ1) is 12.4. The topological polar surface area (TPSA) is 57.5 Å². The number of hydrogen-bond acceptors (Lipinski definition) is 3. The van der Waals surface area contributed by atoms with Gasteiger partial charge in [0.2, 0.25) is 0 Å². The van der Waals surface area contributed by atoms with Crippen LogP contribution in [0.25, 0.3) is 0 Å². The number of carbonyl (C=O) groups excluding carboxylic acids is 1. The number of carbonyl (C=O) groups is 1. The van der Waals surface area contributed by atoms with Crippen LogP contribution in [-0.4, -0.2) is 27.2 Å². The first-order chi connectivity index (χ1) is 8.36. The predicted molar refractivity (Wildman–Crippen MR) is 68.0 cm³/mol. The first-order valence-electron chi connectivity index (χ1n) is 7.07. The molecule has 0 amide bonds. The van der Waals surface area contributed by atoms with E-state index in [9.17, 15) is 15.0 Å². The van der Waals surface area contributed by atoms with Crippen LogP contribution in [0.2, 0.25) is 0 Å². The summed E-state index contributed by atoms with van der Waals surface area (Å²) in [4.78, 5) is 12.6. The van der Waals surface area contributed by atoms with Gasteiger partial charge in [-0.15, -0.1) is 0 Å². The maximum Gasteiger partial charge on any atom is 0.165 e. The molecular formula is C15H22O3. The lowest BCUT2D eigenvalue weighted by Gasteiger charge is -2.33. The Morgan fingerprint density at radius 1 is 1.28 bits per heavy atom. The normalized spacial score (nSPS) is 40.1. The molecule has 0 radical (unpaired) electrons. The molecule has 100 valence electrons. The van der Waals surface area contributed by atoms with Crippen molar-refractivity contribution in [1.29, 1.82) is 0 Å². The van der Waals surface area contributed by atoms with E-state index in [4.69, 9.17) is 0 Å². The molecule has 2 N–H and O–H groups in total. The smallest absolute Gasteiger partial charge is 0.165 e. The van der Waals surface area contributed by atoms with Crippen LogP contribution < -0.4 is 0 Å². The molecule has 3 atom stereocenters. The molecule has 3 rings (SSSR count). The fourth-order valence-electron chi connectivity index (χ4n) is 4.37. The molecular weight excluding hydrogens is 228 g/mol. The van der Waals surface area contributed by atoms with Crippen LogP contribution in [0.4, 0.5) is 0 Å². The molecule has 3 nitrogen and oxygen atoms in total. The van der Waals surface area contributed by atoms with E-state index in [-0.39, 0.29) is 17.6 Å². The van der Waals surface area contributed by atoms with Gasteiger partial charge in [-0.3, -0.25) is 4.79 Å². The van der Waals surface area contributed by atoms with Crippen molar-refractivity contribution in [3.8, 4) is 0 Å². The van der Waals surface area contributed by atoms with Gasteiger partial charge in [0.1, 0.15) is 0 Å². The summed E-state index contributed by atoms with van der Waals surface area (Å²) >= 11 is 0. The average Bonchev–Trinajstić information content (AvgIpc) is 2.75. The molecule has 0 spiro atoms. The molecule has 0 saturated heterocycles. The van der Waals surface area contributed by atoms with Gasteiger partial charge in [-0.2, -0.15) is 0 Å². The summed E-state index contributed by atoms with van der Waals surface area (Å²) in [6.45, 7) is 3.52. The Morgan fingerprint density at radius 2 is 1.94 bits per heavy atom. The Hall–Kier alpha value is -0.670. The van der Waals surface area contributed by atoms with Crippen LogP contribution >= 0.6 is 0 Å². The standard InChI is InChI=1S/C15H22O3/c1-14(2,17)11-7-8-15(18)10-6-4-3-5-9(10)13(16)12(11)15/h11-12,17-18H,3-8H2,1-2H3/t11-,12+,15+/m1/s1. The highest BCUT2D eigenvalue weighted by molar-refractivity contribution is 6.03. The van der Waals surface area contributed by atoms with Crippen LogP contribution in [0.3, 0.4) is 0 Å². The van der Waals surface area contributed by atoms with Gasteiger partial charge in [0.15, 0.2) is 5.78 Å². The van der Waals surface area contributed by atoms with Crippen molar-refractivity contribution >= 4 is 5.78 Å². The maximum absolute atomic E-state index is 12.6. The van der Waals surface area contributed by atoms with Gasteiger partial charge >= 0.3 is 0 Å². The van der Waals surface area contributed by atoms with Gasteiger partial charge < -0.3 is 10.2 Å². The number of hydrogen-bond donors (Lipinski definition) is 2. The molecule has 0 aromatic heterocycles. The Kier molecular flexibility index (Phi) is 2.52. The monoisotopic (exact) mass is 250 g/mol. The molecule has 0 aromatic rings. The Labute approximate surface area is 108 Å². The lowest BCUT2D eigenvalue weighted by atomic mass is 9.77. The fraction of sp³-hybridized carbons (Fsp3) is 0.800. The summed E-state index contributed by atoms with van der Waals surface area (Å²) < 4.78 is 0. The van der Waals surface area contributed by atoms with Gasteiger partial charge in [-0.1, -0.05) is 0 Å². The van der Waals surface area contributed by atoms with Crippen molar-refractivity contribution in [3.63, 3.8) is 0 Å². The zero-order chi connectivity index (χ0) is 13.1. The van der Waals surface area contributed by atoms with E-state index in [1.54, 1.807) is 13.8 Å². The summed E-state index contributed by atoms with van der Waals surface area (Å²) in [6.07, 6.45) is 5.21. The molecule has 0 aliphatic heterocycles. The number of ketones is 1. The van der Waals surface area contributed by atoms with Crippen molar-refractivity contribution in [2.45, 2.75) is 63.6 Å². The van der Waals surface area contributed by atoms with Gasteiger partial charge in [0.05, 0.1) is 17.1 Å². The third-order valence-corrected chi connectivity index (χ3v) is 5.23. The Morgan fingerprint density at radius 3 is 2.61 bits per heavy atom. The molecule has 0 bridgehead atoms. The minimum Gasteiger partial charge on any atom is -0.390 e. The van der Waals surface area contributed by atoms with Gasteiger partial charge in [-0.25, -0.2) is 0 Å². The number of fused-ring (bicyclic) bond motifs is 2. The Bertz CT molecular complexity index is 430. The van der Waals surface area contributed by atoms with Crippen LogP contribution in [0.5, 0.6) is 0 Å². The van der Waals surface area contributed by atoms with Crippen LogP contribution in [-0.2, 0) is 4.79 Å². The molecule has 0 heterocycles. The van der Waals surface area contributed by atoms with E-state index in [2.05, 4.69) is 0 Å². The van der Waals surface area contributed by atoms with Crippen molar-refractivity contribution in [2.75, 3.05) is 0 Å². The van der Waals surface area contributed by atoms with Gasteiger partial charge in [0, 0.05) is 5.92 Å². The summed E-state index contributed by atoms with van der Waals surface area (Å²) in [5.74, 6) is -0.377. The van der Waals surface area contributed by atoms with Crippen molar-refractivity contribution in [2.24, 2.45) is 11.8 Å². The highest BCUT2D eigenvalue weighted by Crippen LogP contribution is 2.57. The number of rotatable bonds is 1. The summed E-state index contributed by atoms with van der Waals surface area (Å²) in [6, 6.07) is 0. The molecule has 3 heteroatoms. The summed E-state index contributed by atoms with van der Waals surface area (Å²) in [5, 5.41) is 21.2. The van der Waals surface area contributed by atoms with Gasteiger partial charge in [-0.05, 0) is 63.5 Å². The molecule has 0 aromatic carbocycles. The zero-order valence-electron chi connectivity index (χ0n) is 11.2. The highest BCUT2D eigenvalue weighted by Gasteiger charge is 2.61. The molecule has 3 aliphatic carbocycles. The second-order valence-electron chi connectivity index (χ2n) is 6.73. The quantitative estimate of drug-likeness (QED) is 0.748. The number of allylic oxidation sites excluding steroid dienone is 1. The van der Waals surface area contributed by atoms with E-state index in [0.717, 1.165) is 43.3 Å². The third-order valence-electron chi connectivity index (χ3n) is 5.23. The van der Waals surface area contributed by atoms with Crippen molar-refractivity contribution in [3.05, 3.63) is 11.1 Å². The van der Waals surface area contributed by atoms with Crippen molar-refractivity contribution < 1.29 is 15.0 Å². The number of aliphatic hydroxyl groups is 2. The van der Waals surface area contributed by atoms with E-state index in [1.165, 1.54) is 0 Å².